The zero-order valence-electron chi connectivity index (χ0n) is 28.3. The highest BCUT2D eigenvalue weighted by Crippen LogP contribution is 2.29. The summed E-state index contributed by atoms with van der Waals surface area (Å²) in [6, 6.07) is 1.01. The number of methoxy groups -OCH3 is 1. The summed E-state index contributed by atoms with van der Waals surface area (Å²) in [6.07, 6.45) is -4.43. The molecule has 0 spiro atoms. The van der Waals surface area contributed by atoms with Gasteiger partial charge in [0.15, 0.2) is 11.8 Å². The molecule has 3 rings (SSSR count). The van der Waals surface area contributed by atoms with Crippen molar-refractivity contribution in [1.29, 1.82) is 0 Å². The molecule has 0 unspecified atom stereocenters. The molecule has 2 fully saturated rings. The van der Waals surface area contributed by atoms with Crippen LogP contribution in [0, 0.1) is 5.92 Å². The molecule has 0 aromatic heterocycles. The van der Waals surface area contributed by atoms with E-state index in [0.29, 0.717) is 39.0 Å². The third kappa shape index (κ3) is 12.6. The van der Waals surface area contributed by atoms with E-state index in [9.17, 15) is 32.8 Å². The highest BCUT2D eigenvalue weighted by Gasteiger charge is 2.51. The average molecular weight is 720 g/mol. The Morgan fingerprint density at radius 1 is 0.920 bits per heavy atom. The second kappa shape index (κ2) is 18.5. The Balaban J connectivity index is 1.80. The van der Waals surface area contributed by atoms with Crippen molar-refractivity contribution in [3.63, 3.8) is 0 Å². The molecule has 18 heteroatoms. The van der Waals surface area contributed by atoms with Crippen molar-refractivity contribution in [2.75, 3.05) is 53.2 Å². The van der Waals surface area contributed by atoms with E-state index in [-0.39, 0.29) is 31.9 Å². The SMILES string of the molecule is COC(F)(F)[C@@H](NC(=O)[C@H](CC(C)C)NC(=O)CN1CCOCC1)C(=O)N[C@@H](COC(F)F)C(=O)N[C@@H](Cc1ccccc1)C(=O)[C@]1(C)CO1. The van der Waals surface area contributed by atoms with Crippen molar-refractivity contribution in [2.45, 2.75) is 76.1 Å². The maximum Gasteiger partial charge on any atom is 0.384 e. The second-order valence-corrected chi connectivity index (χ2v) is 12.6. The van der Waals surface area contributed by atoms with E-state index in [0.717, 1.165) is 0 Å². The van der Waals surface area contributed by atoms with E-state index >= 15 is 8.78 Å². The van der Waals surface area contributed by atoms with Gasteiger partial charge in [-0.25, -0.2) is 0 Å². The number of hydrogen-bond donors (Lipinski definition) is 4. The smallest absolute Gasteiger partial charge is 0.379 e. The summed E-state index contributed by atoms with van der Waals surface area (Å²) in [5.41, 5.74) is -0.597. The van der Waals surface area contributed by atoms with Gasteiger partial charge in [-0.15, -0.1) is 0 Å². The van der Waals surface area contributed by atoms with Crippen molar-refractivity contribution >= 4 is 29.4 Å². The van der Waals surface area contributed by atoms with E-state index < -0.39 is 78.5 Å². The molecule has 2 aliphatic heterocycles. The molecule has 2 saturated heterocycles. The van der Waals surface area contributed by atoms with Crippen LogP contribution in [0.15, 0.2) is 30.3 Å². The predicted molar refractivity (Wildman–Crippen MR) is 168 cm³/mol. The van der Waals surface area contributed by atoms with Crippen molar-refractivity contribution in [1.82, 2.24) is 26.2 Å². The van der Waals surface area contributed by atoms with Gasteiger partial charge in [0.1, 0.15) is 17.7 Å². The van der Waals surface area contributed by atoms with E-state index in [4.69, 9.17) is 9.47 Å². The number of hydrogen-bond acceptors (Lipinski definition) is 10. The van der Waals surface area contributed by atoms with Crippen LogP contribution in [-0.2, 0) is 49.3 Å². The van der Waals surface area contributed by atoms with E-state index in [2.05, 4.69) is 20.1 Å². The molecule has 0 aliphatic carbocycles. The van der Waals surface area contributed by atoms with Crippen molar-refractivity contribution in [3.05, 3.63) is 35.9 Å². The van der Waals surface area contributed by atoms with Gasteiger partial charge in [0, 0.05) is 20.2 Å². The van der Waals surface area contributed by atoms with Gasteiger partial charge in [-0.2, -0.15) is 17.6 Å². The maximum atomic E-state index is 15.1. The lowest BCUT2D eigenvalue weighted by Crippen LogP contribution is -2.64. The maximum absolute atomic E-state index is 15.1. The van der Waals surface area contributed by atoms with Crippen LogP contribution in [0.2, 0.25) is 0 Å². The molecule has 2 heterocycles. The van der Waals surface area contributed by atoms with Gasteiger partial charge < -0.3 is 40.2 Å². The average Bonchev–Trinajstić information content (AvgIpc) is 3.82. The lowest BCUT2D eigenvalue weighted by atomic mass is 9.94. The largest absolute Gasteiger partial charge is 0.384 e. The third-order valence-electron chi connectivity index (χ3n) is 8.02. The molecular weight excluding hydrogens is 674 g/mol. The standard InChI is InChI=1S/C32H45F4N5O9/c1-19(2)14-22(37-24(42)16-41-10-12-48-13-11-41)27(44)40-25(32(35,36)47-4)29(46)39-23(17-49-30(33)34)28(45)38-21(26(43)31(3)18-50-31)15-20-8-6-5-7-9-20/h5-9,19,21-23,25,30H,10-18H2,1-4H3,(H,37,42)(H,38,45)(H,39,46)(H,40,44)/t21-,22-,23-,25-,31-/m0/s1. The number of epoxide rings is 1. The zero-order valence-corrected chi connectivity index (χ0v) is 28.3. The van der Waals surface area contributed by atoms with Crippen molar-refractivity contribution in [3.8, 4) is 0 Å². The zero-order chi connectivity index (χ0) is 37.1. The van der Waals surface area contributed by atoms with E-state index in [1.54, 1.807) is 49.1 Å². The molecule has 0 saturated carbocycles. The van der Waals surface area contributed by atoms with Gasteiger partial charge in [-0.3, -0.25) is 28.9 Å². The first-order valence-electron chi connectivity index (χ1n) is 16.1. The number of benzene rings is 1. The first kappa shape index (κ1) is 40.7. The topological polar surface area (TPSA) is 177 Å². The molecule has 0 bridgehead atoms. The van der Waals surface area contributed by atoms with E-state index in [1.807, 2.05) is 10.6 Å². The first-order chi connectivity index (χ1) is 23.5. The lowest BCUT2D eigenvalue weighted by Gasteiger charge is -2.30. The number of carbonyl (C=O) groups is 5. The van der Waals surface area contributed by atoms with Crippen LogP contribution in [0.25, 0.3) is 0 Å². The molecule has 0 radical (unpaired) electrons. The lowest BCUT2D eigenvalue weighted by molar-refractivity contribution is -0.238. The number of carbonyl (C=O) groups excluding carboxylic acids is 5. The van der Waals surface area contributed by atoms with Gasteiger partial charge in [0.25, 0.3) is 5.91 Å². The number of ether oxygens (including phenoxy) is 4. The summed E-state index contributed by atoms with van der Waals surface area (Å²) in [6.45, 7) is 2.06. The Bertz CT molecular complexity index is 1310. The minimum absolute atomic E-state index is 0.000299. The molecule has 14 nitrogen and oxygen atoms in total. The Kier molecular flexibility index (Phi) is 15.1. The van der Waals surface area contributed by atoms with Gasteiger partial charge in [0.05, 0.1) is 39.0 Å². The fourth-order valence-electron chi connectivity index (χ4n) is 5.13. The van der Waals surface area contributed by atoms with Crippen molar-refractivity contribution in [2.24, 2.45) is 5.92 Å². The van der Waals surface area contributed by atoms with Gasteiger partial charge in [-0.05, 0) is 31.2 Å². The number of ketones is 1. The summed E-state index contributed by atoms with van der Waals surface area (Å²) in [5.74, 6) is -5.40. The highest BCUT2D eigenvalue weighted by atomic mass is 19.3. The summed E-state index contributed by atoms with van der Waals surface area (Å²) in [4.78, 5) is 67.9. The fourth-order valence-corrected chi connectivity index (χ4v) is 5.13. The molecule has 1 aromatic rings. The van der Waals surface area contributed by atoms with Crippen LogP contribution >= 0.6 is 0 Å². The van der Waals surface area contributed by atoms with E-state index in [1.165, 1.54) is 6.92 Å². The number of nitrogens with zero attached hydrogens (tertiary/aromatic N) is 1. The number of rotatable bonds is 20. The molecular formula is C32H45F4N5O9. The molecule has 4 amide bonds. The Morgan fingerprint density at radius 2 is 1.52 bits per heavy atom. The Morgan fingerprint density at radius 3 is 2.08 bits per heavy atom. The van der Waals surface area contributed by atoms with Crippen LogP contribution in [0.3, 0.4) is 0 Å². The minimum Gasteiger partial charge on any atom is -0.379 e. The Labute approximate surface area is 287 Å². The number of alkyl halides is 4. The molecule has 2 aliphatic rings. The first-order valence-corrected chi connectivity index (χ1v) is 16.1. The molecule has 1 aromatic carbocycles. The molecule has 50 heavy (non-hydrogen) atoms. The predicted octanol–water partition coefficient (Wildman–Crippen LogP) is 0.383. The number of Topliss-reactive ketones (excluding diaryl/α,β-unsaturated/α-hetero) is 1. The summed E-state index contributed by atoms with van der Waals surface area (Å²) < 4.78 is 75.2. The highest BCUT2D eigenvalue weighted by molar-refractivity contribution is 5.99. The monoisotopic (exact) mass is 719 g/mol. The second-order valence-electron chi connectivity index (χ2n) is 12.6. The van der Waals surface area contributed by atoms with Gasteiger partial charge in [0.2, 0.25) is 17.7 Å². The number of nitrogens with one attached hydrogen (secondary N) is 4. The van der Waals surface area contributed by atoms with Crippen molar-refractivity contribution < 1.29 is 60.5 Å². The quantitative estimate of drug-likeness (QED) is 0.109. The summed E-state index contributed by atoms with van der Waals surface area (Å²) in [7, 11) is 0.562. The normalized spacial score (nSPS) is 20.4. The van der Waals surface area contributed by atoms with Crippen LogP contribution in [0.1, 0.15) is 32.8 Å². The number of amides is 4. The summed E-state index contributed by atoms with van der Waals surface area (Å²) in [5, 5.41) is 8.71. The third-order valence-corrected chi connectivity index (χ3v) is 8.02. The molecule has 5 atom stereocenters. The van der Waals surface area contributed by atoms with Crippen LogP contribution in [0.4, 0.5) is 17.6 Å². The van der Waals surface area contributed by atoms with Crippen LogP contribution < -0.4 is 21.3 Å². The molecule has 280 valence electrons. The van der Waals surface area contributed by atoms with Crippen LogP contribution in [-0.4, -0.2) is 130 Å². The summed E-state index contributed by atoms with van der Waals surface area (Å²) >= 11 is 0. The Hall–Kier alpha value is -3.71. The molecule has 4 N–H and O–H groups in total. The van der Waals surface area contributed by atoms with Gasteiger partial charge >= 0.3 is 12.7 Å². The minimum atomic E-state index is -4.38. The van der Waals surface area contributed by atoms with Gasteiger partial charge in [-0.1, -0.05) is 44.2 Å². The van der Waals surface area contributed by atoms with Crippen LogP contribution in [0.5, 0.6) is 0 Å². The fraction of sp³-hybridized carbons (Fsp3) is 0.656. The number of halogens is 4. The number of morpholine rings is 1.